The molecule has 0 atom stereocenters. The summed E-state index contributed by atoms with van der Waals surface area (Å²) < 4.78 is 0. The third-order valence-corrected chi connectivity index (χ3v) is 3.64. The Labute approximate surface area is 110 Å². The molecule has 0 saturated heterocycles. The Bertz CT molecular complexity index is 414. The predicted molar refractivity (Wildman–Crippen MR) is 75.1 cm³/mol. The van der Waals surface area contributed by atoms with E-state index in [1.165, 1.54) is 24.0 Å². The second-order valence-electron chi connectivity index (χ2n) is 5.41. The number of Topliss-reactive ketones (excluding diaryl/α,β-unsaturated/α-hetero) is 1. The number of ketones is 1. The standard InChI is InChI=1S/C16H23NO/c1-4-17(15-5-6-15)8-7-16(18)14-10-12(2)9-13(3)11-14/h9-11,15H,4-8H2,1-3H3. The van der Waals surface area contributed by atoms with Crippen LogP contribution in [0, 0.1) is 13.8 Å². The number of carbonyl (C=O) groups excluding carboxylic acids is 1. The van der Waals surface area contributed by atoms with Crippen molar-refractivity contribution in [1.29, 1.82) is 0 Å². The first-order chi connectivity index (χ1) is 8.60. The van der Waals surface area contributed by atoms with E-state index in [2.05, 4.69) is 17.9 Å². The SMILES string of the molecule is CCN(CCC(=O)c1cc(C)cc(C)c1)C1CC1. The van der Waals surface area contributed by atoms with Gasteiger partial charge in [0.15, 0.2) is 5.78 Å². The van der Waals surface area contributed by atoms with Gasteiger partial charge in [-0.25, -0.2) is 0 Å². The van der Waals surface area contributed by atoms with Crippen LogP contribution in [-0.4, -0.2) is 29.8 Å². The molecule has 1 aromatic carbocycles. The molecule has 0 amide bonds. The van der Waals surface area contributed by atoms with E-state index in [9.17, 15) is 4.79 Å². The summed E-state index contributed by atoms with van der Waals surface area (Å²) in [5, 5.41) is 0. The smallest absolute Gasteiger partial charge is 0.164 e. The van der Waals surface area contributed by atoms with E-state index in [1.807, 2.05) is 26.0 Å². The third-order valence-electron chi connectivity index (χ3n) is 3.64. The molecule has 0 bridgehead atoms. The molecular formula is C16H23NO. The minimum atomic E-state index is 0.279. The van der Waals surface area contributed by atoms with Gasteiger partial charge in [0.2, 0.25) is 0 Å². The third kappa shape index (κ3) is 3.42. The lowest BCUT2D eigenvalue weighted by atomic mass is 10.0. The Morgan fingerprint density at radius 3 is 2.33 bits per heavy atom. The molecule has 0 aromatic heterocycles. The summed E-state index contributed by atoms with van der Waals surface area (Å²) in [5.41, 5.74) is 3.22. The van der Waals surface area contributed by atoms with E-state index in [-0.39, 0.29) is 5.78 Å². The molecule has 18 heavy (non-hydrogen) atoms. The molecule has 0 aliphatic heterocycles. The van der Waals surface area contributed by atoms with Crippen LogP contribution in [0.3, 0.4) is 0 Å². The van der Waals surface area contributed by atoms with E-state index in [4.69, 9.17) is 0 Å². The molecule has 1 fully saturated rings. The number of hydrogen-bond donors (Lipinski definition) is 0. The number of benzene rings is 1. The Kier molecular flexibility index (Phi) is 4.18. The van der Waals surface area contributed by atoms with Gasteiger partial charge >= 0.3 is 0 Å². The molecule has 1 aromatic rings. The average Bonchev–Trinajstić information content (AvgIpc) is 3.12. The molecule has 2 nitrogen and oxygen atoms in total. The number of aryl methyl sites for hydroxylation is 2. The second-order valence-corrected chi connectivity index (χ2v) is 5.41. The van der Waals surface area contributed by atoms with Crippen molar-refractivity contribution < 1.29 is 4.79 Å². The maximum Gasteiger partial charge on any atom is 0.164 e. The van der Waals surface area contributed by atoms with Gasteiger partial charge in [-0.15, -0.1) is 0 Å². The van der Waals surface area contributed by atoms with E-state index < -0.39 is 0 Å². The van der Waals surface area contributed by atoms with Crippen LogP contribution in [0.25, 0.3) is 0 Å². The highest BCUT2D eigenvalue weighted by Gasteiger charge is 2.27. The van der Waals surface area contributed by atoms with Crippen molar-refractivity contribution in [1.82, 2.24) is 4.90 Å². The molecule has 98 valence electrons. The minimum Gasteiger partial charge on any atom is -0.300 e. The van der Waals surface area contributed by atoms with E-state index in [0.717, 1.165) is 24.7 Å². The van der Waals surface area contributed by atoms with Crippen LogP contribution in [0.4, 0.5) is 0 Å². The molecule has 0 spiro atoms. The first kappa shape index (κ1) is 13.3. The van der Waals surface area contributed by atoms with Gasteiger partial charge in [0.25, 0.3) is 0 Å². The molecule has 0 heterocycles. The van der Waals surface area contributed by atoms with E-state index in [1.54, 1.807) is 0 Å². The number of rotatable bonds is 6. The lowest BCUT2D eigenvalue weighted by Gasteiger charge is -2.19. The van der Waals surface area contributed by atoms with E-state index >= 15 is 0 Å². The highest BCUT2D eigenvalue weighted by molar-refractivity contribution is 5.96. The Hall–Kier alpha value is -1.15. The molecule has 1 aliphatic carbocycles. The largest absolute Gasteiger partial charge is 0.300 e. The molecule has 0 N–H and O–H groups in total. The molecule has 1 aliphatic rings. The molecule has 2 heteroatoms. The van der Waals surface area contributed by atoms with Crippen molar-refractivity contribution >= 4 is 5.78 Å². The summed E-state index contributed by atoms with van der Waals surface area (Å²) in [6, 6.07) is 6.87. The maximum absolute atomic E-state index is 12.2. The van der Waals surface area contributed by atoms with Gasteiger partial charge in [-0.1, -0.05) is 24.1 Å². The van der Waals surface area contributed by atoms with Crippen LogP contribution in [0.5, 0.6) is 0 Å². The van der Waals surface area contributed by atoms with Crippen LogP contribution < -0.4 is 0 Å². The summed E-state index contributed by atoms with van der Waals surface area (Å²) in [5.74, 6) is 0.279. The summed E-state index contributed by atoms with van der Waals surface area (Å²) >= 11 is 0. The summed E-state index contributed by atoms with van der Waals surface area (Å²) in [6.07, 6.45) is 3.27. The van der Waals surface area contributed by atoms with Crippen molar-refractivity contribution in [2.24, 2.45) is 0 Å². The first-order valence-electron chi connectivity index (χ1n) is 6.95. The normalized spacial score (nSPS) is 15.1. The van der Waals surface area contributed by atoms with Crippen molar-refractivity contribution in [3.63, 3.8) is 0 Å². The summed E-state index contributed by atoms with van der Waals surface area (Å²) in [7, 11) is 0. The van der Waals surface area contributed by atoms with Gasteiger partial charge < -0.3 is 4.90 Å². The fraction of sp³-hybridized carbons (Fsp3) is 0.562. The summed E-state index contributed by atoms with van der Waals surface area (Å²) in [6.45, 7) is 8.25. The van der Waals surface area contributed by atoms with Gasteiger partial charge in [-0.2, -0.15) is 0 Å². The summed E-state index contributed by atoms with van der Waals surface area (Å²) in [4.78, 5) is 14.6. The van der Waals surface area contributed by atoms with Crippen molar-refractivity contribution in [2.45, 2.75) is 46.1 Å². The van der Waals surface area contributed by atoms with Crippen LogP contribution >= 0.6 is 0 Å². The molecule has 0 radical (unpaired) electrons. The average molecular weight is 245 g/mol. The van der Waals surface area contributed by atoms with Gasteiger partial charge in [0.1, 0.15) is 0 Å². The van der Waals surface area contributed by atoms with E-state index in [0.29, 0.717) is 6.42 Å². The van der Waals surface area contributed by atoms with Crippen LogP contribution in [0.1, 0.15) is 47.7 Å². The quantitative estimate of drug-likeness (QED) is 0.716. The Morgan fingerprint density at radius 1 is 1.22 bits per heavy atom. The van der Waals surface area contributed by atoms with Crippen LogP contribution in [0.2, 0.25) is 0 Å². The maximum atomic E-state index is 12.2. The molecule has 0 unspecified atom stereocenters. The monoisotopic (exact) mass is 245 g/mol. The zero-order chi connectivity index (χ0) is 13.1. The first-order valence-corrected chi connectivity index (χ1v) is 6.95. The lowest BCUT2D eigenvalue weighted by molar-refractivity contribution is 0.0963. The van der Waals surface area contributed by atoms with Crippen LogP contribution in [-0.2, 0) is 0 Å². The second kappa shape index (κ2) is 5.66. The Balaban J connectivity index is 1.94. The fourth-order valence-electron chi connectivity index (χ4n) is 2.56. The number of hydrogen-bond acceptors (Lipinski definition) is 2. The number of carbonyl (C=O) groups is 1. The van der Waals surface area contributed by atoms with Crippen molar-refractivity contribution in [3.05, 3.63) is 34.9 Å². The van der Waals surface area contributed by atoms with Crippen molar-refractivity contribution in [2.75, 3.05) is 13.1 Å². The fourth-order valence-corrected chi connectivity index (χ4v) is 2.56. The zero-order valence-electron chi connectivity index (χ0n) is 11.7. The molecule has 2 rings (SSSR count). The highest BCUT2D eigenvalue weighted by Crippen LogP contribution is 2.26. The van der Waals surface area contributed by atoms with Gasteiger partial charge in [0.05, 0.1) is 0 Å². The van der Waals surface area contributed by atoms with Crippen LogP contribution in [0.15, 0.2) is 18.2 Å². The van der Waals surface area contributed by atoms with Crippen molar-refractivity contribution in [3.8, 4) is 0 Å². The number of nitrogens with zero attached hydrogens (tertiary/aromatic N) is 1. The van der Waals surface area contributed by atoms with Gasteiger partial charge in [-0.3, -0.25) is 4.79 Å². The predicted octanol–water partition coefficient (Wildman–Crippen LogP) is 3.36. The zero-order valence-corrected chi connectivity index (χ0v) is 11.7. The minimum absolute atomic E-state index is 0.279. The molecule has 1 saturated carbocycles. The van der Waals surface area contributed by atoms with Gasteiger partial charge in [0, 0.05) is 24.6 Å². The lowest BCUT2D eigenvalue weighted by Crippen LogP contribution is -2.28. The highest BCUT2D eigenvalue weighted by atomic mass is 16.1. The molecular weight excluding hydrogens is 222 g/mol. The van der Waals surface area contributed by atoms with Gasteiger partial charge in [-0.05, 0) is 45.4 Å². The topological polar surface area (TPSA) is 20.3 Å². The Morgan fingerprint density at radius 2 is 1.83 bits per heavy atom.